The summed E-state index contributed by atoms with van der Waals surface area (Å²) in [4.78, 5) is 11.4. The van der Waals surface area contributed by atoms with Crippen molar-refractivity contribution in [3.05, 3.63) is 29.0 Å². The normalized spacial score (nSPS) is 10.5. The van der Waals surface area contributed by atoms with Gasteiger partial charge in [0.2, 0.25) is 0 Å². The number of nitrogen functional groups attached to an aromatic ring is 2. The third kappa shape index (κ3) is 1.78. The number of nitrogens with zero attached hydrogens (tertiary/aromatic N) is 2. The van der Waals surface area contributed by atoms with E-state index in [0.29, 0.717) is 16.6 Å². The quantitative estimate of drug-likeness (QED) is 0.375. The minimum atomic E-state index is -0.546. The van der Waals surface area contributed by atoms with E-state index >= 15 is 0 Å². The van der Waals surface area contributed by atoms with E-state index in [1.54, 1.807) is 0 Å². The number of hydrogen-bond donors (Lipinski definition) is 3. The van der Waals surface area contributed by atoms with Crippen LogP contribution in [0.4, 0.5) is 5.69 Å². The topological polar surface area (TPSA) is 107 Å². The van der Waals surface area contributed by atoms with Crippen LogP contribution in [0.1, 0.15) is 21.6 Å². The lowest BCUT2D eigenvalue weighted by Crippen LogP contribution is -2.31. The number of hydrogen-bond acceptors (Lipinski definition) is 5. The van der Waals surface area contributed by atoms with E-state index < -0.39 is 5.91 Å². The summed E-state index contributed by atoms with van der Waals surface area (Å²) in [6.07, 6.45) is 0. The minimum absolute atomic E-state index is 0.0447. The molecule has 0 spiro atoms. The van der Waals surface area contributed by atoms with Crippen LogP contribution < -0.4 is 17.0 Å². The first kappa shape index (κ1) is 11.3. The highest BCUT2D eigenvalue weighted by Crippen LogP contribution is 2.24. The van der Waals surface area contributed by atoms with Crippen molar-refractivity contribution in [3.8, 4) is 0 Å². The Morgan fingerprint density at radius 2 is 1.88 bits per heavy atom. The number of aryl methyl sites for hydroxylation is 2. The molecule has 0 saturated heterocycles. The van der Waals surface area contributed by atoms with Crippen molar-refractivity contribution in [2.24, 2.45) is 5.84 Å². The Morgan fingerprint density at radius 1 is 1.24 bits per heavy atom. The molecule has 6 nitrogen and oxygen atoms in total. The Morgan fingerprint density at radius 3 is 2.53 bits per heavy atom. The summed E-state index contributed by atoms with van der Waals surface area (Å²) >= 11 is 0. The highest BCUT2D eigenvalue weighted by Gasteiger charge is 2.14. The number of fused-ring (bicyclic) bond motifs is 1. The van der Waals surface area contributed by atoms with Crippen LogP contribution in [0, 0.1) is 13.8 Å². The molecule has 1 amide bonds. The molecule has 1 aromatic heterocycles. The molecule has 0 fully saturated rings. The molecule has 6 heteroatoms. The van der Waals surface area contributed by atoms with Crippen LogP contribution in [0.3, 0.4) is 0 Å². The smallest absolute Gasteiger partial charge is 0.287 e. The lowest BCUT2D eigenvalue weighted by Gasteiger charge is -2.08. The molecule has 0 saturated carbocycles. The van der Waals surface area contributed by atoms with Crippen molar-refractivity contribution in [3.63, 3.8) is 0 Å². The molecule has 2 aromatic rings. The second-order valence-electron chi connectivity index (χ2n) is 3.89. The van der Waals surface area contributed by atoms with Gasteiger partial charge in [0.05, 0.1) is 11.2 Å². The highest BCUT2D eigenvalue weighted by atomic mass is 16.2. The first-order valence-corrected chi connectivity index (χ1v) is 5.08. The van der Waals surface area contributed by atoms with Gasteiger partial charge in [-0.15, -0.1) is 10.2 Å². The van der Waals surface area contributed by atoms with Crippen LogP contribution in [0.2, 0.25) is 0 Å². The molecule has 17 heavy (non-hydrogen) atoms. The Kier molecular flexibility index (Phi) is 2.64. The van der Waals surface area contributed by atoms with Crippen LogP contribution in [0.15, 0.2) is 12.1 Å². The first-order chi connectivity index (χ1) is 8.04. The molecular formula is C11H13N5O. The number of nitrogens with one attached hydrogen (secondary N) is 1. The van der Waals surface area contributed by atoms with Crippen molar-refractivity contribution < 1.29 is 4.79 Å². The third-order valence-corrected chi connectivity index (χ3v) is 2.76. The van der Waals surface area contributed by atoms with Gasteiger partial charge in [-0.3, -0.25) is 10.2 Å². The second-order valence-corrected chi connectivity index (χ2v) is 3.89. The van der Waals surface area contributed by atoms with Crippen LogP contribution in [-0.4, -0.2) is 16.1 Å². The van der Waals surface area contributed by atoms with Crippen LogP contribution >= 0.6 is 0 Å². The van der Waals surface area contributed by atoms with Crippen molar-refractivity contribution in [2.45, 2.75) is 13.8 Å². The predicted molar refractivity (Wildman–Crippen MR) is 65.1 cm³/mol. The molecule has 88 valence electrons. The predicted octanol–water partition coefficient (Wildman–Crippen LogP) is 0.432. The zero-order chi connectivity index (χ0) is 12.6. The van der Waals surface area contributed by atoms with E-state index in [0.717, 1.165) is 11.1 Å². The lowest BCUT2D eigenvalue weighted by atomic mass is 10.0. The maximum atomic E-state index is 11.4. The van der Waals surface area contributed by atoms with Gasteiger partial charge in [0.1, 0.15) is 0 Å². The van der Waals surface area contributed by atoms with Crippen LogP contribution in [-0.2, 0) is 0 Å². The zero-order valence-corrected chi connectivity index (χ0v) is 9.61. The van der Waals surface area contributed by atoms with E-state index in [-0.39, 0.29) is 5.69 Å². The summed E-state index contributed by atoms with van der Waals surface area (Å²) in [5.74, 6) is 4.50. The zero-order valence-electron chi connectivity index (χ0n) is 9.61. The van der Waals surface area contributed by atoms with Gasteiger partial charge >= 0.3 is 0 Å². The number of carbonyl (C=O) groups excluding carboxylic acids is 1. The van der Waals surface area contributed by atoms with Crippen LogP contribution in [0.5, 0.6) is 0 Å². The Balaban J connectivity index is 2.75. The van der Waals surface area contributed by atoms with Gasteiger partial charge < -0.3 is 5.73 Å². The van der Waals surface area contributed by atoms with Gasteiger partial charge in [-0.1, -0.05) is 0 Å². The number of amides is 1. The summed E-state index contributed by atoms with van der Waals surface area (Å²) in [6.45, 7) is 3.95. The van der Waals surface area contributed by atoms with Gasteiger partial charge in [-0.25, -0.2) is 5.84 Å². The van der Waals surface area contributed by atoms with Crippen molar-refractivity contribution >= 4 is 22.5 Å². The largest absolute Gasteiger partial charge is 0.396 e. The summed E-state index contributed by atoms with van der Waals surface area (Å²) in [7, 11) is 0. The molecule has 0 aliphatic heterocycles. The van der Waals surface area contributed by atoms with E-state index in [4.69, 9.17) is 11.6 Å². The minimum Gasteiger partial charge on any atom is -0.396 e. The number of anilines is 1. The Hall–Kier alpha value is -2.21. The van der Waals surface area contributed by atoms with Gasteiger partial charge in [-0.2, -0.15) is 0 Å². The maximum absolute atomic E-state index is 11.4. The molecule has 0 bridgehead atoms. The average Bonchev–Trinajstić information content (AvgIpc) is 2.31. The fourth-order valence-corrected chi connectivity index (χ4v) is 1.62. The van der Waals surface area contributed by atoms with Gasteiger partial charge in [0.15, 0.2) is 5.69 Å². The van der Waals surface area contributed by atoms with Crippen molar-refractivity contribution in [1.29, 1.82) is 0 Å². The number of aromatic nitrogens is 2. The average molecular weight is 231 g/mol. The summed E-state index contributed by atoms with van der Waals surface area (Å²) in [5.41, 5.74) is 11.1. The molecule has 2 rings (SSSR count). The molecule has 0 radical (unpaired) electrons. The maximum Gasteiger partial charge on any atom is 0.287 e. The summed E-state index contributed by atoms with van der Waals surface area (Å²) in [6, 6.07) is 3.78. The number of hydrazine groups is 1. The first-order valence-electron chi connectivity index (χ1n) is 5.08. The highest BCUT2D eigenvalue weighted by molar-refractivity contribution is 6.04. The van der Waals surface area contributed by atoms with E-state index in [1.165, 1.54) is 0 Å². The van der Waals surface area contributed by atoms with Gasteiger partial charge in [0.25, 0.3) is 5.91 Å². The van der Waals surface area contributed by atoms with Crippen LogP contribution in [0.25, 0.3) is 10.9 Å². The summed E-state index contributed by atoms with van der Waals surface area (Å²) < 4.78 is 0. The molecule has 1 aromatic carbocycles. The molecule has 5 N–H and O–H groups in total. The van der Waals surface area contributed by atoms with E-state index in [9.17, 15) is 4.79 Å². The number of benzene rings is 1. The molecule has 0 aliphatic rings. The number of carbonyl (C=O) groups is 1. The van der Waals surface area contributed by atoms with E-state index in [2.05, 4.69) is 10.2 Å². The van der Waals surface area contributed by atoms with E-state index in [1.807, 2.05) is 31.4 Å². The fraction of sp³-hybridized carbons (Fsp3) is 0.182. The second kappa shape index (κ2) is 3.99. The fourth-order valence-electron chi connectivity index (χ4n) is 1.62. The lowest BCUT2D eigenvalue weighted by molar-refractivity contribution is 0.0949. The number of rotatable bonds is 1. The molecule has 0 atom stereocenters. The molecule has 0 unspecified atom stereocenters. The molecular weight excluding hydrogens is 218 g/mol. The van der Waals surface area contributed by atoms with Crippen molar-refractivity contribution in [1.82, 2.24) is 15.6 Å². The van der Waals surface area contributed by atoms with Gasteiger partial charge in [0, 0.05) is 5.39 Å². The Labute approximate surface area is 98.0 Å². The third-order valence-electron chi connectivity index (χ3n) is 2.76. The molecule has 0 aliphatic carbocycles. The SMILES string of the molecule is Cc1cc2nnc(C(=O)NN)c(N)c2cc1C. The van der Waals surface area contributed by atoms with Gasteiger partial charge in [-0.05, 0) is 37.1 Å². The monoisotopic (exact) mass is 231 g/mol. The molecule has 1 heterocycles. The summed E-state index contributed by atoms with van der Waals surface area (Å²) in [5, 5.41) is 8.46. The standard InChI is InChI=1S/C11H13N5O/c1-5-3-7-8(4-6(5)2)15-16-10(9(7)12)11(17)14-13/h3-4H,13H2,1-2H3,(H2,12,15)(H,14,17). The Bertz CT molecular complexity index is 608. The van der Waals surface area contributed by atoms with Crippen molar-refractivity contribution in [2.75, 3.05) is 5.73 Å². The number of nitrogens with two attached hydrogens (primary N) is 2.